The average Bonchev–Trinajstić information content (AvgIpc) is 2.83. The molecule has 2 rings (SSSR count). The molecule has 1 aliphatic rings. The number of amides is 1. The van der Waals surface area contributed by atoms with Crippen molar-refractivity contribution in [2.24, 2.45) is 0 Å². The fourth-order valence-corrected chi connectivity index (χ4v) is 1.66. The zero-order valence-corrected chi connectivity index (χ0v) is 9.74. The minimum Gasteiger partial charge on any atom is -0.374 e. The van der Waals surface area contributed by atoms with Crippen molar-refractivity contribution in [2.45, 2.75) is 12.6 Å². The van der Waals surface area contributed by atoms with Crippen molar-refractivity contribution < 1.29 is 9.53 Å². The lowest BCUT2D eigenvalue weighted by atomic mass is 10.3. The van der Waals surface area contributed by atoms with Gasteiger partial charge in [0.2, 0.25) is 5.91 Å². The Labute approximate surface area is 98.9 Å². The SMILES string of the molecule is CN(CC1CNCCO1)C(=O)Cn1cnnn1. The fraction of sp³-hybridized carbons (Fsp3) is 0.778. The van der Waals surface area contributed by atoms with E-state index >= 15 is 0 Å². The van der Waals surface area contributed by atoms with Gasteiger partial charge in [-0.05, 0) is 10.4 Å². The van der Waals surface area contributed by atoms with Gasteiger partial charge in [0.15, 0.2) is 0 Å². The molecule has 0 saturated carbocycles. The highest BCUT2D eigenvalue weighted by molar-refractivity contribution is 5.75. The topological polar surface area (TPSA) is 85.2 Å². The molecule has 94 valence electrons. The van der Waals surface area contributed by atoms with E-state index in [1.807, 2.05) is 0 Å². The molecule has 0 spiro atoms. The van der Waals surface area contributed by atoms with Gasteiger partial charge in [-0.2, -0.15) is 0 Å². The van der Waals surface area contributed by atoms with Crippen molar-refractivity contribution in [1.82, 2.24) is 30.4 Å². The second-order valence-electron chi connectivity index (χ2n) is 3.98. The molecular formula is C9H16N6O2. The van der Waals surface area contributed by atoms with Gasteiger partial charge in [-0.15, -0.1) is 5.10 Å². The molecule has 1 fully saturated rings. The smallest absolute Gasteiger partial charge is 0.244 e. The molecule has 1 saturated heterocycles. The van der Waals surface area contributed by atoms with E-state index in [0.717, 1.165) is 13.1 Å². The highest BCUT2D eigenvalue weighted by atomic mass is 16.5. The second-order valence-corrected chi connectivity index (χ2v) is 3.98. The number of tetrazole rings is 1. The molecule has 1 aliphatic heterocycles. The third kappa shape index (κ3) is 3.46. The third-order valence-electron chi connectivity index (χ3n) is 2.60. The van der Waals surface area contributed by atoms with Gasteiger partial charge in [0.05, 0.1) is 12.7 Å². The number of rotatable bonds is 4. The summed E-state index contributed by atoms with van der Waals surface area (Å²) in [6.07, 6.45) is 1.48. The predicted molar refractivity (Wildman–Crippen MR) is 58.1 cm³/mol. The normalized spacial score (nSPS) is 20.2. The Morgan fingerprint density at radius 3 is 3.24 bits per heavy atom. The van der Waals surface area contributed by atoms with E-state index in [2.05, 4.69) is 20.8 Å². The van der Waals surface area contributed by atoms with Crippen LogP contribution >= 0.6 is 0 Å². The second kappa shape index (κ2) is 5.69. The van der Waals surface area contributed by atoms with E-state index in [4.69, 9.17) is 4.74 Å². The van der Waals surface area contributed by atoms with Crippen molar-refractivity contribution in [3.05, 3.63) is 6.33 Å². The molecule has 0 radical (unpaired) electrons. The van der Waals surface area contributed by atoms with Gasteiger partial charge in [-0.1, -0.05) is 0 Å². The van der Waals surface area contributed by atoms with Crippen LogP contribution in [0.4, 0.5) is 0 Å². The van der Waals surface area contributed by atoms with Gasteiger partial charge in [-0.3, -0.25) is 4.79 Å². The van der Waals surface area contributed by atoms with Crippen molar-refractivity contribution >= 4 is 5.91 Å². The van der Waals surface area contributed by atoms with Crippen LogP contribution in [-0.2, 0) is 16.1 Å². The van der Waals surface area contributed by atoms with Crippen LogP contribution in [0.5, 0.6) is 0 Å². The minimum atomic E-state index is -0.0357. The predicted octanol–water partition coefficient (Wildman–Crippen LogP) is -1.88. The van der Waals surface area contributed by atoms with Crippen LogP contribution in [0.1, 0.15) is 0 Å². The van der Waals surface area contributed by atoms with Crippen molar-refractivity contribution in [2.75, 3.05) is 33.3 Å². The lowest BCUT2D eigenvalue weighted by Crippen LogP contribution is -2.46. The maximum Gasteiger partial charge on any atom is 0.244 e. The van der Waals surface area contributed by atoms with Crippen LogP contribution in [-0.4, -0.2) is 70.4 Å². The van der Waals surface area contributed by atoms with Gasteiger partial charge in [0.1, 0.15) is 12.9 Å². The number of nitrogens with zero attached hydrogens (tertiary/aromatic N) is 5. The average molecular weight is 240 g/mol. The van der Waals surface area contributed by atoms with Gasteiger partial charge in [-0.25, -0.2) is 4.68 Å². The summed E-state index contributed by atoms with van der Waals surface area (Å²) in [7, 11) is 1.75. The highest BCUT2D eigenvalue weighted by Gasteiger charge is 2.18. The van der Waals surface area contributed by atoms with Crippen molar-refractivity contribution in [1.29, 1.82) is 0 Å². The number of nitrogens with one attached hydrogen (secondary N) is 1. The number of likely N-dealkylation sites (N-methyl/N-ethyl adjacent to an activating group) is 1. The lowest BCUT2D eigenvalue weighted by Gasteiger charge is -2.27. The number of ether oxygens (including phenoxy) is 1. The molecule has 17 heavy (non-hydrogen) atoms. The van der Waals surface area contributed by atoms with E-state index < -0.39 is 0 Å². The Hall–Kier alpha value is -1.54. The van der Waals surface area contributed by atoms with Crippen LogP contribution in [0.25, 0.3) is 0 Å². The molecule has 1 aromatic heterocycles. The fourth-order valence-electron chi connectivity index (χ4n) is 1.66. The third-order valence-corrected chi connectivity index (χ3v) is 2.60. The molecule has 0 bridgehead atoms. The largest absolute Gasteiger partial charge is 0.374 e. The first-order valence-corrected chi connectivity index (χ1v) is 5.53. The van der Waals surface area contributed by atoms with Gasteiger partial charge >= 0.3 is 0 Å². The van der Waals surface area contributed by atoms with Crippen LogP contribution < -0.4 is 5.32 Å². The standard InChI is InChI=1S/C9H16N6O2/c1-14(5-8-4-10-2-3-17-8)9(16)6-15-7-11-12-13-15/h7-8,10H,2-6H2,1H3. The number of morpholine rings is 1. The maximum atomic E-state index is 11.8. The van der Waals surface area contributed by atoms with Gasteiger partial charge in [0.25, 0.3) is 0 Å². The zero-order valence-electron chi connectivity index (χ0n) is 9.74. The lowest BCUT2D eigenvalue weighted by molar-refractivity contribution is -0.132. The summed E-state index contributed by atoms with van der Waals surface area (Å²) in [6.45, 7) is 3.08. The van der Waals surface area contributed by atoms with E-state index in [1.165, 1.54) is 11.0 Å². The molecule has 8 nitrogen and oxygen atoms in total. The van der Waals surface area contributed by atoms with Gasteiger partial charge in [0, 0.05) is 26.7 Å². The van der Waals surface area contributed by atoms with Crippen LogP contribution in [0.3, 0.4) is 0 Å². The van der Waals surface area contributed by atoms with E-state index in [0.29, 0.717) is 13.2 Å². The monoisotopic (exact) mass is 240 g/mol. The zero-order chi connectivity index (χ0) is 12.1. The highest BCUT2D eigenvalue weighted by Crippen LogP contribution is 1.99. The molecule has 1 atom stereocenters. The number of carbonyl (C=O) groups excluding carboxylic acids is 1. The quantitative estimate of drug-likeness (QED) is 0.663. The summed E-state index contributed by atoms with van der Waals surface area (Å²) in [6, 6.07) is 0. The molecule has 1 N–H and O–H groups in total. The molecule has 1 unspecified atom stereocenters. The number of hydrogen-bond acceptors (Lipinski definition) is 6. The summed E-state index contributed by atoms with van der Waals surface area (Å²) in [5, 5.41) is 13.8. The summed E-state index contributed by atoms with van der Waals surface area (Å²) < 4.78 is 6.93. The van der Waals surface area contributed by atoms with E-state index in [9.17, 15) is 4.79 Å². The van der Waals surface area contributed by atoms with Gasteiger partial charge < -0.3 is 15.0 Å². The Bertz CT molecular complexity index is 348. The molecule has 8 heteroatoms. The molecule has 2 heterocycles. The summed E-state index contributed by atoms with van der Waals surface area (Å²) >= 11 is 0. The van der Waals surface area contributed by atoms with Crippen LogP contribution in [0.2, 0.25) is 0 Å². The molecular weight excluding hydrogens is 224 g/mol. The Morgan fingerprint density at radius 2 is 2.59 bits per heavy atom. The Kier molecular flexibility index (Phi) is 3.99. The maximum absolute atomic E-state index is 11.8. The van der Waals surface area contributed by atoms with E-state index in [1.54, 1.807) is 11.9 Å². The molecule has 1 aromatic rings. The van der Waals surface area contributed by atoms with Crippen molar-refractivity contribution in [3.63, 3.8) is 0 Å². The van der Waals surface area contributed by atoms with E-state index in [-0.39, 0.29) is 18.6 Å². The Balaban J connectivity index is 1.78. The number of aromatic nitrogens is 4. The number of hydrogen-bond donors (Lipinski definition) is 1. The molecule has 0 aliphatic carbocycles. The first kappa shape index (κ1) is 11.9. The van der Waals surface area contributed by atoms with Crippen molar-refractivity contribution in [3.8, 4) is 0 Å². The van der Waals surface area contributed by atoms with Crippen LogP contribution in [0.15, 0.2) is 6.33 Å². The Morgan fingerprint density at radius 1 is 1.71 bits per heavy atom. The molecule has 0 aromatic carbocycles. The minimum absolute atomic E-state index is 0.0357. The first-order chi connectivity index (χ1) is 8.25. The number of carbonyl (C=O) groups is 1. The van der Waals surface area contributed by atoms with Crippen LogP contribution in [0, 0.1) is 0 Å². The summed E-state index contributed by atoms with van der Waals surface area (Å²) in [4.78, 5) is 13.5. The summed E-state index contributed by atoms with van der Waals surface area (Å²) in [5.41, 5.74) is 0. The molecule has 1 amide bonds. The summed E-state index contributed by atoms with van der Waals surface area (Å²) in [5.74, 6) is -0.0357. The first-order valence-electron chi connectivity index (χ1n) is 5.53.